The summed E-state index contributed by atoms with van der Waals surface area (Å²) in [6.45, 7) is 1.68. The highest BCUT2D eigenvalue weighted by Crippen LogP contribution is 2.08. The Kier molecular flexibility index (Phi) is 3.40. The lowest BCUT2D eigenvalue weighted by Gasteiger charge is -2.20. The Morgan fingerprint density at radius 3 is 3.20 bits per heavy atom. The van der Waals surface area contributed by atoms with Crippen LogP contribution in [0.4, 0.5) is 0 Å². The van der Waals surface area contributed by atoms with E-state index in [1.165, 1.54) is 0 Å². The average molecular weight is 144 g/mol. The molecule has 1 aliphatic heterocycles. The zero-order valence-electron chi connectivity index (χ0n) is 5.91. The van der Waals surface area contributed by atoms with Crippen LogP contribution in [0.3, 0.4) is 0 Å². The van der Waals surface area contributed by atoms with E-state index in [9.17, 15) is 4.79 Å². The van der Waals surface area contributed by atoms with Gasteiger partial charge in [-0.15, -0.1) is 0 Å². The van der Waals surface area contributed by atoms with Crippen molar-refractivity contribution in [1.82, 2.24) is 0 Å². The third kappa shape index (κ3) is 2.45. The fourth-order valence-electron chi connectivity index (χ4n) is 1.02. The summed E-state index contributed by atoms with van der Waals surface area (Å²) >= 11 is 0. The SMILES string of the molecule is O=CCOC1CCCOC1. The standard InChI is InChI=1S/C7H12O3/c8-3-5-10-7-2-1-4-9-6-7/h3,7H,1-2,4-6H2. The zero-order chi connectivity index (χ0) is 7.23. The highest BCUT2D eigenvalue weighted by molar-refractivity contribution is 5.50. The van der Waals surface area contributed by atoms with Crippen LogP contribution in [-0.2, 0) is 14.3 Å². The minimum absolute atomic E-state index is 0.152. The molecule has 0 aromatic carbocycles. The van der Waals surface area contributed by atoms with E-state index in [1.807, 2.05) is 0 Å². The van der Waals surface area contributed by atoms with Gasteiger partial charge in [-0.2, -0.15) is 0 Å². The molecule has 3 nitrogen and oxygen atoms in total. The van der Waals surface area contributed by atoms with Gasteiger partial charge in [0.15, 0.2) is 0 Å². The molecule has 1 unspecified atom stereocenters. The van der Waals surface area contributed by atoms with Crippen molar-refractivity contribution in [3.05, 3.63) is 0 Å². The predicted molar refractivity (Wildman–Crippen MR) is 35.9 cm³/mol. The molecule has 0 aliphatic carbocycles. The first-order valence-electron chi connectivity index (χ1n) is 3.56. The minimum Gasteiger partial charge on any atom is -0.379 e. The molecule has 3 heteroatoms. The molecular formula is C7H12O3. The monoisotopic (exact) mass is 144 g/mol. The second kappa shape index (κ2) is 4.41. The normalized spacial score (nSPS) is 26.2. The van der Waals surface area contributed by atoms with Gasteiger partial charge < -0.3 is 14.3 Å². The predicted octanol–water partition coefficient (Wildman–Crippen LogP) is 0.381. The fraction of sp³-hybridized carbons (Fsp3) is 0.857. The van der Waals surface area contributed by atoms with Crippen molar-refractivity contribution in [2.24, 2.45) is 0 Å². The summed E-state index contributed by atoms with van der Waals surface area (Å²) in [5, 5.41) is 0. The molecule has 1 rings (SSSR count). The van der Waals surface area contributed by atoms with Gasteiger partial charge in [0, 0.05) is 6.61 Å². The van der Waals surface area contributed by atoms with Crippen LogP contribution in [0.15, 0.2) is 0 Å². The molecular weight excluding hydrogens is 132 g/mol. The molecule has 0 aromatic rings. The summed E-state index contributed by atoms with van der Waals surface area (Å²) in [4.78, 5) is 9.88. The van der Waals surface area contributed by atoms with E-state index in [4.69, 9.17) is 9.47 Å². The van der Waals surface area contributed by atoms with Crippen molar-refractivity contribution in [1.29, 1.82) is 0 Å². The summed E-state index contributed by atoms with van der Waals surface area (Å²) < 4.78 is 10.3. The second-order valence-electron chi connectivity index (χ2n) is 2.34. The molecule has 10 heavy (non-hydrogen) atoms. The number of rotatable bonds is 3. The van der Waals surface area contributed by atoms with Gasteiger partial charge >= 0.3 is 0 Å². The molecule has 0 aromatic heterocycles. The van der Waals surface area contributed by atoms with Gasteiger partial charge in [-0.05, 0) is 12.8 Å². The van der Waals surface area contributed by atoms with Crippen LogP contribution in [0, 0.1) is 0 Å². The Bertz CT molecular complexity index is 97.0. The van der Waals surface area contributed by atoms with Crippen molar-refractivity contribution in [3.63, 3.8) is 0 Å². The number of carbonyl (C=O) groups excluding carboxylic acids is 1. The van der Waals surface area contributed by atoms with Crippen LogP contribution in [0.25, 0.3) is 0 Å². The van der Waals surface area contributed by atoms with Crippen LogP contribution < -0.4 is 0 Å². The molecule has 0 amide bonds. The quantitative estimate of drug-likeness (QED) is 0.537. The summed E-state index contributed by atoms with van der Waals surface area (Å²) in [5.74, 6) is 0. The van der Waals surface area contributed by atoms with Crippen molar-refractivity contribution in [2.75, 3.05) is 19.8 Å². The first kappa shape index (κ1) is 7.69. The van der Waals surface area contributed by atoms with Gasteiger partial charge in [0.2, 0.25) is 0 Å². The molecule has 1 fully saturated rings. The summed E-state index contributed by atoms with van der Waals surface area (Å²) in [7, 11) is 0. The van der Waals surface area contributed by atoms with E-state index >= 15 is 0 Å². The van der Waals surface area contributed by atoms with Crippen molar-refractivity contribution in [3.8, 4) is 0 Å². The van der Waals surface area contributed by atoms with Crippen LogP contribution in [0.5, 0.6) is 0 Å². The molecule has 1 aliphatic rings. The van der Waals surface area contributed by atoms with Gasteiger partial charge in [0.1, 0.15) is 12.9 Å². The number of carbonyl (C=O) groups is 1. The first-order valence-corrected chi connectivity index (χ1v) is 3.56. The molecule has 1 saturated heterocycles. The highest BCUT2D eigenvalue weighted by atomic mass is 16.5. The maximum Gasteiger partial charge on any atom is 0.145 e. The molecule has 1 heterocycles. The van der Waals surface area contributed by atoms with E-state index < -0.39 is 0 Å². The Morgan fingerprint density at radius 1 is 1.70 bits per heavy atom. The molecule has 0 bridgehead atoms. The lowest BCUT2D eigenvalue weighted by molar-refractivity contribution is -0.117. The average Bonchev–Trinajstić information content (AvgIpc) is 2.03. The van der Waals surface area contributed by atoms with Gasteiger partial charge in [0.25, 0.3) is 0 Å². The van der Waals surface area contributed by atoms with E-state index in [-0.39, 0.29) is 12.7 Å². The van der Waals surface area contributed by atoms with Crippen LogP contribution in [-0.4, -0.2) is 32.2 Å². The fourth-order valence-corrected chi connectivity index (χ4v) is 1.02. The molecule has 58 valence electrons. The number of hydrogen-bond acceptors (Lipinski definition) is 3. The summed E-state index contributed by atoms with van der Waals surface area (Å²) in [6.07, 6.45) is 2.99. The number of hydrogen-bond donors (Lipinski definition) is 0. The third-order valence-electron chi connectivity index (χ3n) is 1.52. The number of aldehydes is 1. The minimum atomic E-state index is 0.152. The van der Waals surface area contributed by atoms with E-state index in [0.29, 0.717) is 6.61 Å². The largest absolute Gasteiger partial charge is 0.379 e. The van der Waals surface area contributed by atoms with Gasteiger partial charge in [0.05, 0.1) is 12.7 Å². The van der Waals surface area contributed by atoms with Gasteiger partial charge in [-0.3, -0.25) is 0 Å². The Hall–Kier alpha value is -0.410. The topological polar surface area (TPSA) is 35.5 Å². The van der Waals surface area contributed by atoms with Gasteiger partial charge in [-0.25, -0.2) is 0 Å². The first-order chi connectivity index (χ1) is 4.93. The van der Waals surface area contributed by atoms with E-state index in [2.05, 4.69) is 0 Å². The second-order valence-corrected chi connectivity index (χ2v) is 2.34. The van der Waals surface area contributed by atoms with Gasteiger partial charge in [-0.1, -0.05) is 0 Å². The Balaban J connectivity index is 2.07. The Labute approximate surface area is 60.3 Å². The molecule has 1 atom stereocenters. The molecule has 0 N–H and O–H groups in total. The molecule has 0 radical (unpaired) electrons. The third-order valence-corrected chi connectivity index (χ3v) is 1.52. The van der Waals surface area contributed by atoms with Crippen LogP contribution in [0.2, 0.25) is 0 Å². The van der Waals surface area contributed by atoms with Crippen LogP contribution >= 0.6 is 0 Å². The molecule has 0 spiro atoms. The maximum atomic E-state index is 9.88. The van der Waals surface area contributed by atoms with E-state index in [0.717, 1.165) is 25.7 Å². The maximum absolute atomic E-state index is 9.88. The van der Waals surface area contributed by atoms with Crippen molar-refractivity contribution in [2.45, 2.75) is 18.9 Å². The molecule has 0 saturated carbocycles. The smallest absolute Gasteiger partial charge is 0.145 e. The summed E-state index contributed by atoms with van der Waals surface area (Å²) in [6, 6.07) is 0. The number of ether oxygens (including phenoxy) is 2. The van der Waals surface area contributed by atoms with Crippen molar-refractivity contribution < 1.29 is 14.3 Å². The zero-order valence-corrected chi connectivity index (χ0v) is 5.91. The Morgan fingerprint density at radius 2 is 2.60 bits per heavy atom. The van der Waals surface area contributed by atoms with Crippen molar-refractivity contribution >= 4 is 6.29 Å². The highest BCUT2D eigenvalue weighted by Gasteiger charge is 2.12. The lowest BCUT2D eigenvalue weighted by Crippen LogP contribution is -2.25. The summed E-state index contributed by atoms with van der Waals surface area (Å²) in [5.41, 5.74) is 0. The lowest BCUT2D eigenvalue weighted by atomic mass is 10.2. The van der Waals surface area contributed by atoms with E-state index in [1.54, 1.807) is 0 Å². The van der Waals surface area contributed by atoms with Crippen LogP contribution in [0.1, 0.15) is 12.8 Å².